The molecule has 1 aromatic heterocycles. The summed E-state index contributed by atoms with van der Waals surface area (Å²) in [6.45, 7) is 0.272. The standard InChI is InChI=1S/C22H16ClFN2O3S/c23-16-10-19-18(25-22(26-19)30-12-21(27)28)9-15(16)14-6-7-20(17(24)8-14)29-11-13-4-2-1-3-5-13/h1-10H,11-12H2,(H,25,26)(H,27,28). The van der Waals surface area contributed by atoms with Crippen LogP contribution < -0.4 is 4.74 Å². The van der Waals surface area contributed by atoms with Crippen molar-refractivity contribution >= 4 is 40.4 Å². The SMILES string of the molecule is O=C(O)CSc1nc2cc(-c3ccc(OCc4ccccc4)c(F)c3)c(Cl)cc2[nH]1. The highest BCUT2D eigenvalue weighted by Crippen LogP contribution is 2.34. The van der Waals surface area contributed by atoms with Crippen molar-refractivity contribution in [3.8, 4) is 16.9 Å². The number of fused-ring (bicyclic) bond motifs is 1. The lowest BCUT2D eigenvalue weighted by molar-refractivity contribution is -0.133. The number of H-pyrrole nitrogens is 1. The van der Waals surface area contributed by atoms with E-state index in [1.54, 1.807) is 24.3 Å². The van der Waals surface area contributed by atoms with E-state index in [2.05, 4.69) is 9.97 Å². The molecule has 0 aliphatic rings. The van der Waals surface area contributed by atoms with Crippen LogP contribution in [0.25, 0.3) is 22.2 Å². The monoisotopic (exact) mass is 442 g/mol. The Morgan fingerprint density at radius 2 is 1.97 bits per heavy atom. The summed E-state index contributed by atoms with van der Waals surface area (Å²) >= 11 is 7.49. The van der Waals surface area contributed by atoms with Gasteiger partial charge in [0, 0.05) is 5.56 Å². The van der Waals surface area contributed by atoms with E-state index in [-0.39, 0.29) is 18.1 Å². The number of carboxylic acids is 1. The molecule has 0 aliphatic carbocycles. The van der Waals surface area contributed by atoms with E-state index in [0.29, 0.717) is 32.3 Å². The predicted octanol–water partition coefficient (Wildman–Crippen LogP) is 5.78. The Morgan fingerprint density at radius 3 is 2.70 bits per heavy atom. The number of carboxylic acid groups (broad SMARTS) is 1. The van der Waals surface area contributed by atoms with Gasteiger partial charge in [-0.2, -0.15) is 0 Å². The zero-order valence-corrected chi connectivity index (χ0v) is 17.1. The number of carbonyl (C=O) groups is 1. The molecule has 4 aromatic rings. The maximum atomic E-state index is 14.6. The number of thioether (sulfide) groups is 1. The number of aliphatic carboxylic acids is 1. The molecular formula is C22H16ClFN2O3S. The van der Waals surface area contributed by atoms with Crippen LogP contribution in [-0.4, -0.2) is 26.8 Å². The number of halogens is 2. The zero-order valence-electron chi connectivity index (χ0n) is 15.6. The second-order valence-electron chi connectivity index (χ2n) is 6.49. The van der Waals surface area contributed by atoms with Gasteiger partial charge < -0.3 is 14.8 Å². The molecule has 0 bridgehead atoms. The maximum absolute atomic E-state index is 14.6. The summed E-state index contributed by atoms with van der Waals surface area (Å²) in [6.07, 6.45) is 0. The number of hydrogen-bond donors (Lipinski definition) is 2. The van der Waals surface area contributed by atoms with Crippen LogP contribution in [-0.2, 0) is 11.4 Å². The van der Waals surface area contributed by atoms with Crippen LogP contribution in [0.5, 0.6) is 5.75 Å². The third kappa shape index (κ3) is 4.58. The lowest BCUT2D eigenvalue weighted by Crippen LogP contribution is -1.97. The molecule has 5 nitrogen and oxygen atoms in total. The minimum absolute atomic E-state index is 0.101. The van der Waals surface area contributed by atoms with Gasteiger partial charge in [-0.15, -0.1) is 0 Å². The summed E-state index contributed by atoms with van der Waals surface area (Å²) in [7, 11) is 0. The highest BCUT2D eigenvalue weighted by Gasteiger charge is 2.13. The zero-order chi connectivity index (χ0) is 21.1. The summed E-state index contributed by atoms with van der Waals surface area (Å²) in [5.74, 6) is -1.36. The molecule has 0 saturated carbocycles. The average Bonchev–Trinajstić information content (AvgIpc) is 3.13. The number of rotatable bonds is 7. The minimum atomic E-state index is -0.927. The van der Waals surface area contributed by atoms with Gasteiger partial charge >= 0.3 is 5.97 Å². The van der Waals surface area contributed by atoms with Crippen molar-refractivity contribution < 1.29 is 19.0 Å². The summed E-state index contributed by atoms with van der Waals surface area (Å²) in [6, 6.07) is 17.7. The molecule has 0 radical (unpaired) electrons. The number of ether oxygens (including phenoxy) is 1. The maximum Gasteiger partial charge on any atom is 0.313 e. The number of nitrogens with zero attached hydrogens (tertiary/aromatic N) is 1. The van der Waals surface area contributed by atoms with Crippen LogP contribution in [0, 0.1) is 5.82 Å². The second-order valence-corrected chi connectivity index (χ2v) is 7.86. The smallest absolute Gasteiger partial charge is 0.313 e. The molecule has 2 N–H and O–H groups in total. The lowest BCUT2D eigenvalue weighted by atomic mass is 10.0. The molecule has 4 rings (SSSR count). The molecule has 0 atom stereocenters. The van der Waals surface area contributed by atoms with Gasteiger partial charge in [0.1, 0.15) is 6.61 Å². The molecule has 0 amide bonds. The lowest BCUT2D eigenvalue weighted by Gasteiger charge is -2.10. The van der Waals surface area contributed by atoms with Gasteiger partial charge in [-0.3, -0.25) is 4.79 Å². The quantitative estimate of drug-likeness (QED) is 0.355. The Bertz CT molecular complexity index is 1210. The van der Waals surface area contributed by atoms with Gasteiger partial charge in [0.2, 0.25) is 0 Å². The van der Waals surface area contributed by atoms with Crippen molar-refractivity contribution in [2.45, 2.75) is 11.8 Å². The Balaban J connectivity index is 1.57. The minimum Gasteiger partial charge on any atom is -0.486 e. The van der Waals surface area contributed by atoms with E-state index in [1.807, 2.05) is 30.3 Å². The molecule has 0 fully saturated rings. The predicted molar refractivity (Wildman–Crippen MR) is 116 cm³/mol. The fraction of sp³-hybridized carbons (Fsp3) is 0.0909. The molecule has 30 heavy (non-hydrogen) atoms. The molecule has 0 aliphatic heterocycles. The number of hydrogen-bond acceptors (Lipinski definition) is 4. The Hall–Kier alpha value is -3.03. The first kappa shape index (κ1) is 20.3. The molecule has 1 heterocycles. The third-order valence-electron chi connectivity index (χ3n) is 4.36. The van der Waals surface area contributed by atoms with Crippen LogP contribution in [0.4, 0.5) is 4.39 Å². The molecular weight excluding hydrogens is 427 g/mol. The van der Waals surface area contributed by atoms with Crippen LogP contribution >= 0.6 is 23.4 Å². The molecule has 3 aromatic carbocycles. The first-order chi connectivity index (χ1) is 14.5. The highest BCUT2D eigenvalue weighted by molar-refractivity contribution is 7.99. The Labute approximate surface area is 180 Å². The van der Waals surface area contributed by atoms with Crippen molar-refractivity contribution in [2.24, 2.45) is 0 Å². The Kier molecular flexibility index (Phi) is 5.92. The van der Waals surface area contributed by atoms with Crippen molar-refractivity contribution in [2.75, 3.05) is 5.75 Å². The molecule has 0 spiro atoms. The van der Waals surface area contributed by atoms with Gasteiger partial charge in [-0.1, -0.05) is 59.8 Å². The number of imidazole rings is 1. The molecule has 152 valence electrons. The fourth-order valence-corrected chi connectivity index (χ4v) is 3.83. The van der Waals surface area contributed by atoms with Crippen LogP contribution in [0.3, 0.4) is 0 Å². The van der Waals surface area contributed by atoms with Gasteiger partial charge in [0.25, 0.3) is 0 Å². The summed E-state index contributed by atoms with van der Waals surface area (Å²) in [4.78, 5) is 18.2. The topological polar surface area (TPSA) is 75.2 Å². The number of aromatic nitrogens is 2. The number of nitrogens with one attached hydrogen (secondary N) is 1. The van der Waals surface area contributed by atoms with E-state index in [1.165, 1.54) is 6.07 Å². The molecule has 8 heteroatoms. The van der Waals surface area contributed by atoms with E-state index < -0.39 is 11.8 Å². The summed E-state index contributed by atoms with van der Waals surface area (Å²) < 4.78 is 20.2. The number of benzene rings is 3. The Morgan fingerprint density at radius 1 is 1.17 bits per heavy atom. The molecule has 0 saturated heterocycles. The summed E-state index contributed by atoms with van der Waals surface area (Å²) in [5.41, 5.74) is 3.46. The first-order valence-corrected chi connectivity index (χ1v) is 10.4. The van der Waals surface area contributed by atoms with Gasteiger partial charge in [-0.25, -0.2) is 9.37 Å². The van der Waals surface area contributed by atoms with Gasteiger partial charge in [-0.05, 0) is 35.4 Å². The van der Waals surface area contributed by atoms with Crippen molar-refractivity contribution in [3.05, 3.63) is 77.1 Å². The second kappa shape index (κ2) is 8.77. The van der Waals surface area contributed by atoms with E-state index in [4.69, 9.17) is 21.4 Å². The van der Waals surface area contributed by atoms with Crippen molar-refractivity contribution in [3.63, 3.8) is 0 Å². The van der Waals surface area contributed by atoms with Gasteiger partial charge in [0.05, 0.1) is 21.8 Å². The van der Waals surface area contributed by atoms with E-state index in [9.17, 15) is 9.18 Å². The normalized spacial score (nSPS) is 11.0. The largest absolute Gasteiger partial charge is 0.486 e. The van der Waals surface area contributed by atoms with E-state index in [0.717, 1.165) is 17.3 Å². The number of aromatic amines is 1. The van der Waals surface area contributed by atoms with Crippen LogP contribution in [0.2, 0.25) is 5.02 Å². The van der Waals surface area contributed by atoms with Gasteiger partial charge in [0.15, 0.2) is 16.7 Å². The third-order valence-corrected chi connectivity index (χ3v) is 5.53. The highest BCUT2D eigenvalue weighted by atomic mass is 35.5. The average molecular weight is 443 g/mol. The van der Waals surface area contributed by atoms with E-state index >= 15 is 0 Å². The van der Waals surface area contributed by atoms with Crippen LogP contribution in [0.15, 0.2) is 65.8 Å². The fourth-order valence-electron chi connectivity index (χ4n) is 2.95. The van der Waals surface area contributed by atoms with Crippen LogP contribution in [0.1, 0.15) is 5.56 Å². The van der Waals surface area contributed by atoms with Crippen molar-refractivity contribution in [1.82, 2.24) is 9.97 Å². The van der Waals surface area contributed by atoms with Crippen molar-refractivity contribution in [1.29, 1.82) is 0 Å². The first-order valence-electron chi connectivity index (χ1n) is 9.00. The molecule has 0 unspecified atom stereocenters. The summed E-state index contributed by atoms with van der Waals surface area (Å²) in [5, 5.41) is 9.72.